The number of rotatable bonds is 7. The summed E-state index contributed by atoms with van der Waals surface area (Å²) >= 11 is 0. The van der Waals surface area contributed by atoms with Crippen molar-refractivity contribution in [3.8, 4) is 0 Å². The summed E-state index contributed by atoms with van der Waals surface area (Å²) in [6.45, 7) is 0.755. The predicted octanol–water partition coefficient (Wildman–Crippen LogP) is 0.0894. The zero-order valence-electron chi connectivity index (χ0n) is 13.6. The lowest BCUT2D eigenvalue weighted by atomic mass is 10.2. The van der Waals surface area contributed by atoms with Crippen LogP contribution in [0.5, 0.6) is 0 Å². The van der Waals surface area contributed by atoms with Crippen molar-refractivity contribution in [1.29, 1.82) is 0 Å². The molecule has 1 saturated heterocycles. The van der Waals surface area contributed by atoms with Crippen LogP contribution in [0, 0.1) is 0 Å². The fourth-order valence-electron chi connectivity index (χ4n) is 2.54. The monoisotopic (exact) mass is 377 g/mol. The summed E-state index contributed by atoms with van der Waals surface area (Å²) < 4.78 is 26.2. The third-order valence-corrected chi connectivity index (χ3v) is 5.86. The van der Waals surface area contributed by atoms with Crippen molar-refractivity contribution in [3.05, 3.63) is 29.8 Å². The summed E-state index contributed by atoms with van der Waals surface area (Å²) in [7, 11) is -2.27. The Morgan fingerprint density at radius 1 is 1.42 bits per heavy atom. The molecular weight excluding hydrogens is 354 g/mol. The van der Waals surface area contributed by atoms with Crippen molar-refractivity contribution in [3.63, 3.8) is 0 Å². The van der Waals surface area contributed by atoms with E-state index in [4.69, 9.17) is 5.11 Å². The number of nitrogens with one attached hydrogen (secondary N) is 2. The molecule has 1 unspecified atom stereocenters. The number of halogens is 1. The summed E-state index contributed by atoms with van der Waals surface area (Å²) in [5.41, 5.74) is 0.531. The molecule has 0 bridgehead atoms. The van der Waals surface area contributed by atoms with Crippen molar-refractivity contribution in [1.82, 2.24) is 14.9 Å². The van der Waals surface area contributed by atoms with Crippen LogP contribution in [0.3, 0.4) is 0 Å². The lowest BCUT2D eigenvalue weighted by molar-refractivity contribution is -0.122. The first-order chi connectivity index (χ1) is 11.0. The van der Waals surface area contributed by atoms with Gasteiger partial charge in [0.05, 0.1) is 17.5 Å². The van der Waals surface area contributed by atoms with E-state index in [1.807, 2.05) is 0 Å². The van der Waals surface area contributed by atoms with Gasteiger partial charge in [-0.3, -0.25) is 4.79 Å². The zero-order valence-corrected chi connectivity index (χ0v) is 15.2. The van der Waals surface area contributed by atoms with Crippen molar-refractivity contribution < 1.29 is 18.3 Å². The Labute approximate surface area is 148 Å². The first kappa shape index (κ1) is 20.9. The SMILES string of the molecule is CN(CCO)S(=O)(=O)c1ccccc1CNC(=O)C1CCCN1.Cl. The molecule has 1 aliphatic heterocycles. The van der Waals surface area contributed by atoms with Gasteiger partial charge in [-0.25, -0.2) is 8.42 Å². The molecule has 0 aliphatic carbocycles. The number of carbonyl (C=O) groups is 1. The van der Waals surface area contributed by atoms with Crippen molar-refractivity contribution in [2.75, 3.05) is 26.7 Å². The number of sulfonamides is 1. The fourth-order valence-corrected chi connectivity index (χ4v) is 3.92. The first-order valence-corrected chi connectivity index (χ1v) is 9.07. The van der Waals surface area contributed by atoms with Gasteiger partial charge in [0.1, 0.15) is 0 Å². The Hall–Kier alpha value is -1.19. The molecule has 9 heteroatoms. The molecule has 1 aliphatic rings. The Morgan fingerprint density at radius 2 is 2.12 bits per heavy atom. The van der Waals surface area contributed by atoms with Crippen LogP contribution in [0.1, 0.15) is 18.4 Å². The Balaban J connectivity index is 0.00000288. The van der Waals surface area contributed by atoms with E-state index in [0.29, 0.717) is 5.56 Å². The van der Waals surface area contributed by atoms with Crippen molar-refractivity contribution in [2.45, 2.75) is 30.3 Å². The summed E-state index contributed by atoms with van der Waals surface area (Å²) in [5, 5.41) is 14.8. The molecule has 24 heavy (non-hydrogen) atoms. The molecule has 2 rings (SSSR count). The third kappa shape index (κ3) is 4.90. The van der Waals surface area contributed by atoms with Crippen molar-refractivity contribution in [2.24, 2.45) is 0 Å². The van der Waals surface area contributed by atoms with E-state index in [1.54, 1.807) is 18.2 Å². The average molecular weight is 378 g/mol. The zero-order chi connectivity index (χ0) is 16.9. The molecular formula is C15H24ClN3O4S. The quantitative estimate of drug-likeness (QED) is 0.625. The minimum atomic E-state index is -3.69. The maximum atomic E-state index is 12.5. The molecule has 7 nitrogen and oxygen atoms in total. The molecule has 136 valence electrons. The number of benzene rings is 1. The van der Waals surface area contributed by atoms with Crippen LogP contribution in [0.2, 0.25) is 0 Å². The second kappa shape index (κ2) is 9.33. The second-order valence-electron chi connectivity index (χ2n) is 5.52. The smallest absolute Gasteiger partial charge is 0.243 e. The van der Waals surface area contributed by atoms with Gasteiger partial charge in [0, 0.05) is 20.1 Å². The van der Waals surface area contributed by atoms with Crippen LogP contribution in [0.15, 0.2) is 29.2 Å². The van der Waals surface area contributed by atoms with Crippen molar-refractivity contribution >= 4 is 28.3 Å². The number of likely N-dealkylation sites (N-methyl/N-ethyl adjacent to an activating group) is 1. The lowest BCUT2D eigenvalue weighted by Crippen LogP contribution is -2.40. The number of hydrogen-bond donors (Lipinski definition) is 3. The Kier molecular flexibility index (Phi) is 8.11. The van der Waals surface area contributed by atoms with E-state index in [2.05, 4.69) is 10.6 Å². The average Bonchev–Trinajstić information content (AvgIpc) is 3.07. The highest BCUT2D eigenvalue weighted by atomic mass is 35.5. The van der Waals surface area contributed by atoms with E-state index >= 15 is 0 Å². The highest BCUT2D eigenvalue weighted by Crippen LogP contribution is 2.19. The molecule has 1 aromatic carbocycles. The summed E-state index contributed by atoms with van der Waals surface area (Å²) in [6, 6.07) is 6.38. The normalized spacial score (nSPS) is 17.5. The van der Waals surface area contributed by atoms with Gasteiger partial charge in [-0.2, -0.15) is 4.31 Å². The Morgan fingerprint density at radius 3 is 2.75 bits per heavy atom. The number of nitrogens with zero attached hydrogens (tertiary/aromatic N) is 1. The minimum absolute atomic E-state index is 0. The van der Waals surface area contributed by atoms with Gasteiger partial charge in [0.2, 0.25) is 15.9 Å². The molecule has 0 radical (unpaired) electrons. The highest BCUT2D eigenvalue weighted by Gasteiger charge is 2.25. The largest absolute Gasteiger partial charge is 0.395 e. The van der Waals surface area contributed by atoms with Crippen LogP contribution >= 0.6 is 12.4 Å². The van der Waals surface area contributed by atoms with Gasteiger partial charge in [-0.1, -0.05) is 18.2 Å². The van der Waals surface area contributed by atoms with Gasteiger partial charge < -0.3 is 15.7 Å². The van der Waals surface area contributed by atoms with Gasteiger partial charge >= 0.3 is 0 Å². The Bertz CT molecular complexity index is 648. The topological polar surface area (TPSA) is 98.7 Å². The molecule has 0 saturated carbocycles. The molecule has 1 heterocycles. The number of aliphatic hydroxyl groups is 1. The molecule has 3 N–H and O–H groups in total. The lowest BCUT2D eigenvalue weighted by Gasteiger charge is -2.19. The molecule has 1 amide bonds. The standard InChI is InChI=1S/C15H23N3O4S.ClH/c1-18(9-10-19)23(21,22)14-7-3-2-5-12(14)11-17-15(20)13-6-4-8-16-13;/h2-3,5,7,13,16,19H,4,6,8-11H2,1H3,(H,17,20);1H. The first-order valence-electron chi connectivity index (χ1n) is 7.63. The third-order valence-electron chi connectivity index (χ3n) is 3.91. The molecule has 1 aromatic rings. The molecule has 0 spiro atoms. The van der Waals surface area contributed by atoms with Gasteiger partial charge in [0.25, 0.3) is 0 Å². The molecule has 0 aromatic heterocycles. The van der Waals surface area contributed by atoms with Gasteiger partial charge in [-0.15, -0.1) is 12.4 Å². The van der Waals surface area contributed by atoms with Gasteiger partial charge in [0.15, 0.2) is 0 Å². The fraction of sp³-hybridized carbons (Fsp3) is 0.533. The summed E-state index contributed by atoms with van der Waals surface area (Å²) in [6.07, 6.45) is 1.76. The van der Waals surface area contributed by atoms with Crippen LogP contribution in [0.4, 0.5) is 0 Å². The van der Waals surface area contributed by atoms with Crippen LogP contribution < -0.4 is 10.6 Å². The number of aliphatic hydroxyl groups excluding tert-OH is 1. The number of amides is 1. The van der Waals surface area contributed by atoms with Crippen LogP contribution in [-0.2, 0) is 21.4 Å². The summed E-state index contributed by atoms with van der Waals surface area (Å²) in [5.74, 6) is -0.113. The van der Waals surface area contributed by atoms with E-state index in [0.717, 1.165) is 23.7 Å². The van der Waals surface area contributed by atoms with E-state index < -0.39 is 10.0 Å². The van der Waals surface area contributed by atoms with E-state index in [9.17, 15) is 13.2 Å². The number of carbonyl (C=O) groups excluding carboxylic acids is 1. The summed E-state index contributed by atoms with van der Waals surface area (Å²) in [4.78, 5) is 12.2. The van der Waals surface area contributed by atoms with E-state index in [1.165, 1.54) is 13.1 Å². The number of hydrogen-bond acceptors (Lipinski definition) is 5. The van der Waals surface area contributed by atoms with Crippen LogP contribution in [-0.4, -0.2) is 56.5 Å². The maximum Gasteiger partial charge on any atom is 0.243 e. The maximum absolute atomic E-state index is 12.5. The highest BCUT2D eigenvalue weighted by molar-refractivity contribution is 7.89. The second-order valence-corrected chi connectivity index (χ2v) is 7.54. The minimum Gasteiger partial charge on any atom is -0.395 e. The molecule has 1 fully saturated rings. The van der Waals surface area contributed by atoms with E-state index in [-0.39, 0.29) is 48.9 Å². The van der Waals surface area contributed by atoms with Gasteiger partial charge in [-0.05, 0) is 31.0 Å². The molecule has 1 atom stereocenters. The van der Waals surface area contributed by atoms with Crippen LogP contribution in [0.25, 0.3) is 0 Å². The predicted molar refractivity (Wildman–Crippen MR) is 93.5 cm³/mol.